The molecular formula is C20H21N3O5. The molecule has 2 aromatic carbocycles. The number of carbonyl (C=O) groups excluding carboxylic acids is 2. The largest absolute Gasteiger partial charge is 0.376 e. The molecule has 0 spiro atoms. The van der Waals surface area contributed by atoms with Crippen LogP contribution in [0.5, 0.6) is 0 Å². The Bertz CT molecular complexity index is 906. The zero-order chi connectivity index (χ0) is 20.1. The van der Waals surface area contributed by atoms with Gasteiger partial charge in [-0.25, -0.2) is 0 Å². The van der Waals surface area contributed by atoms with Crippen molar-refractivity contribution in [3.63, 3.8) is 0 Å². The van der Waals surface area contributed by atoms with E-state index < -0.39 is 10.8 Å². The van der Waals surface area contributed by atoms with Crippen molar-refractivity contribution in [1.29, 1.82) is 0 Å². The van der Waals surface area contributed by atoms with Crippen LogP contribution in [0.1, 0.15) is 39.1 Å². The molecule has 1 heterocycles. The highest BCUT2D eigenvalue weighted by Crippen LogP contribution is 2.25. The number of carbonyl (C=O) groups is 2. The minimum atomic E-state index is -0.644. The minimum absolute atomic E-state index is 0.000599. The molecule has 1 atom stereocenters. The van der Waals surface area contributed by atoms with Gasteiger partial charge in [-0.3, -0.25) is 19.7 Å². The molecule has 1 aliphatic heterocycles. The van der Waals surface area contributed by atoms with Crippen molar-refractivity contribution < 1.29 is 19.2 Å². The van der Waals surface area contributed by atoms with Crippen LogP contribution in [0.15, 0.2) is 42.5 Å². The number of hydrogen-bond acceptors (Lipinski definition) is 5. The molecule has 0 radical (unpaired) electrons. The van der Waals surface area contributed by atoms with Crippen LogP contribution < -0.4 is 10.6 Å². The minimum Gasteiger partial charge on any atom is -0.376 e. The Labute approximate surface area is 162 Å². The number of anilines is 1. The zero-order valence-electron chi connectivity index (χ0n) is 15.4. The lowest BCUT2D eigenvalue weighted by molar-refractivity contribution is -0.385. The normalized spacial score (nSPS) is 15.8. The number of hydrogen-bond donors (Lipinski definition) is 2. The lowest BCUT2D eigenvalue weighted by Gasteiger charge is -2.14. The molecule has 28 heavy (non-hydrogen) atoms. The van der Waals surface area contributed by atoms with E-state index in [1.54, 1.807) is 43.3 Å². The van der Waals surface area contributed by atoms with Crippen LogP contribution >= 0.6 is 0 Å². The summed E-state index contributed by atoms with van der Waals surface area (Å²) in [6.07, 6.45) is 1.87. The number of para-hydroxylation sites is 2. The van der Waals surface area contributed by atoms with E-state index in [0.29, 0.717) is 18.7 Å². The first-order chi connectivity index (χ1) is 13.5. The van der Waals surface area contributed by atoms with Crippen molar-refractivity contribution in [1.82, 2.24) is 5.32 Å². The summed E-state index contributed by atoms with van der Waals surface area (Å²) in [7, 11) is 0. The molecule has 2 aromatic rings. The summed E-state index contributed by atoms with van der Waals surface area (Å²) < 4.78 is 5.49. The fraction of sp³-hybridized carbons (Fsp3) is 0.300. The third-order valence-corrected chi connectivity index (χ3v) is 4.60. The Balaban J connectivity index is 1.78. The lowest BCUT2D eigenvalue weighted by atomic mass is 10.1. The van der Waals surface area contributed by atoms with Crippen LogP contribution in [0.25, 0.3) is 0 Å². The number of aryl methyl sites for hydroxylation is 1. The Kier molecular flexibility index (Phi) is 6.00. The number of amides is 2. The topological polar surface area (TPSA) is 111 Å². The van der Waals surface area contributed by atoms with Gasteiger partial charge < -0.3 is 15.4 Å². The molecule has 8 nitrogen and oxygen atoms in total. The number of nitro benzene ring substituents is 1. The first kappa shape index (κ1) is 19.5. The Hall–Kier alpha value is -3.26. The van der Waals surface area contributed by atoms with Gasteiger partial charge in [-0.1, -0.05) is 24.3 Å². The van der Waals surface area contributed by atoms with Crippen molar-refractivity contribution >= 4 is 23.2 Å². The number of benzene rings is 2. The summed E-state index contributed by atoms with van der Waals surface area (Å²) in [6.45, 7) is 2.66. The molecule has 2 N–H and O–H groups in total. The van der Waals surface area contributed by atoms with Crippen LogP contribution in [0, 0.1) is 17.0 Å². The summed E-state index contributed by atoms with van der Waals surface area (Å²) in [4.78, 5) is 36.0. The summed E-state index contributed by atoms with van der Waals surface area (Å²) >= 11 is 0. The fourth-order valence-electron chi connectivity index (χ4n) is 3.17. The van der Waals surface area contributed by atoms with Crippen LogP contribution in [0.2, 0.25) is 0 Å². The van der Waals surface area contributed by atoms with E-state index in [4.69, 9.17) is 4.74 Å². The van der Waals surface area contributed by atoms with Crippen LogP contribution in [0.3, 0.4) is 0 Å². The maximum atomic E-state index is 12.7. The third-order valence-electron chi connectivity index (χ3n) is 4.60. The number of nitro groups is 1. The van der Waals surface area contributed by atoms with Gasteiger partial charge in [0, 0.05) is 18.7 Å². The van der Waals surface area contributed by atoms with E-state index in [2.05, 4.69) is 10.6 Å². The van der Waals surface area contributed by atoms with Gasteiger partial charge in [0.2, 0.25) is 0 Å². The summed E-state index contributed by atoms with van der Waals surface area (Å²) in [5.41, 5.74) is 0.650. The Morgan fingerprint density at radius 1 is 1.14 bits per heavy atom. The molecule has 1 fully saturated rings. The summed E-state index contributed by atoms with van der Waals surface area (Å²) in [5, 5.41) is 16.8. The zero-order valence-corrected chi connectivity index (χ0v) is 15.4. The number of nitrogens with one attached hydrogen (secondary N) is 2. The second kappa shape index (κ2) is 8.62. The molecule has 1 saturated heterocycles. The van der Waals surface area contributed by atoms with Crippen LogP contribution in [0.4, 0.5) is 11.4 Å². The average Bonchev–Trinajstić information content (AvgIpc) is 3.19. The van der Waals surface area contributed by atoms with Crippen molar-refractivity contribution in [2.75, 3.05) is 18.5 Å². The van der Waals surface area contributed by atoms with Crippen LogP contribution in [-0.4, -0.2) is 36.0 Å². The van der Waals surface area contributed by atoms with Crippen LogP contribution in [-0.2, 0) is 4.74 Å². The molecule has 1 aliphatic rings. The highest BCUT2D eigenvalue weighted by Gasteiger charge is 2.24. The molecule has 0 saturated carbocycles. The van der Waals surface area contributed by atoms with E-state index in [1.165, 1.54) is 6.07 Å². The number of ether oxygens (including phenoxy) is 1. The lowest BCUT2D eigenvalue weighted by Crippen LogP contribution is -2.32. The SMILES string of the molecule is Cc1cccc(C(=O)Nc2ccccc2C(=O)NCC2CCCO2)c1[N+](=O)[O-]. The van der Waals surface area contributed by atoms with Gasteiger partial charge in [0.05, 0.1) is 22.3 Å². The first-order valence-corrected chi connectivity index (χ1v) is 9.01. The van der Waals surface area contributed by atoms with E-state index in [0.717, 1.165) is 12.8 Å². The Morgan fingerprint density at radius 2 is 1.89 bits per heavy atom. The van der Waals surface area contributed by atoms with Gasteiger partial charge in [0.15, 0.2) is 0 Å². The number of rotatable bonds is 6. The first-order valence-electron chi connectivity index (χ1n) is 9.01. The van der Waals surface area contributed by atoms with E-state index >= 15 is 0 Å². The van der Waals surface area contributed by atoms with E-state index in [-0.39, 0.29) is 34.5 Å². The highest BCUT2D eigenvalue weighted by atomic mass is 16.6. The maximum absolute atomic E-state index is 12.7. The van der Waals surface area contributed by atoms with Crippen molar-refractivity contribution in [3.05, 3.63) is 69.3 Å². The summed E-state index contributed by atoms with van der Waals surface area (Å²) in [5.74, 6) is -0.986. The van der Waals surface area contributed by atoms with Crippen molar-refractivity contribution in [2.24, 2.45) is 0 Å². The average molecular weight is 383 g/mol. The maximum Gasteiger partial charge on any atom is 0.285 e. The fourth-order valence-corrected chi connectivity index (χ4v) is 3.17. The second-order valence-corrected chi connectivity index (χ2v) is 6.57. The van der Waals surface area contributed by atoms with Gasteiger partial charge >= 0.3 is 0 Å². The van der Waals surface area contributed by atoms with E-state index in [9.17, 15) is 19.7 Å². The molecule has 3 rings (SSSR count). The van der Waals surface area contributed by atoms with Crippen molar-refractivity contribution in [3.8, 4) is 0 Å². The molecule has 0 aliphatic carbocycles. The highest BCUT2D eigenvalue weighted by molar-refractivity contribution is 6.10. The van der Waals surface area contributed by atoms with Gasteiger partial charge in [-0.2, -0.15) is 0 Å². The quantitative estimate of drug-likeness (QED) is 0.588. The molecule has 146 valence electrons. The monoisotopic (exact) mass is 383 g/mol. The third kappa shape index (κ3) is 4.34. The predicted molar refractivity (Wildman–Crippen MR) is 104 cm³/mol. The smallest absolute Gasteiger partial charge is 0.285 e. The van der Waals surface area contributed by atoms with Crippen molar-refractivity contribution in [2.45, 2.75) is 25.9 Å². The molecule has 1 unspecified atom stereocenters. The molecule has 8 heteroatoms. The molecule has 2 amide bonds. The predicted octanol–water partition coefficient (Wildman–Crippen LogP) is 3.06. The van der Waals surface area contributed by atoms with Gasteiger partial charge in [-0.15, -0.1) is 0 Å². The molecular weight excluding hydrogens is 362 g/mol. The number of nitrogens with zero attached hydrogens (tertiary/aromatic N) is 1. The van der Waals surface area contributed by atoms with E-state index in [1.807, 2.05) is 0 Å². The van der Waals surface area contributed by atoms with Gasteiger partial charge in [0.25, 0.3) is 17.5 Å². The molecule has 0 bridgehead atoms. The Morgan fingerprint density at radius 3 is 2.61 bits per heavy atom. The summed E-state index contributed by atoms with van der Waals surface area (Å²) in [6, 6.07) is 11.1. The van der Waals surface area contributed by atoms with Gasteiger partial charge in [-0.05, 0) is 38.0 Å². The molecule has 0 aromatic heterocycles. The standard InChI is InChI=1S/C20H21N3O5/c1-13-6-4-9-16(18(13)23(26)27)20(25)22-17-10-3-2-8-15(17)19(24)21-12-14-7-5-11-28-14/h2-4,6,8-10,14H,5,7,11-12H2,1H3,(H,21,24)(H,22,25). The van der Waals surface area contributed by atoms with Gasteiger partial charge in [0.1, 0.15) is 5.56 Å². The second-order valence-electron chi connectivity index (χ2n) is 6.57.